The van der Waals surface area contributed by atoms with E-state index in [9.17, 15) is 13.2 Å². The first-order valence-electron chi connectivity index (χ1n) is 3.52. The first-order valence-corrected chi connectivity index (χ1v) is 3.52. The van der Waals surface area contributed by atoms with Gasteiger partial charge in [-0.2, -0.15) is 9.65 Å². The standard InChI is InChI=1S/C8H5F3N2O/c1-14-8-6(9)4(3-12)2-5(13-8)7(10)11/h2,7H,1H3. The Morgan fingerprint density at radius 2 is 2.21 bits per heavy atom. The van der Waals surface area contributed by atoms with Crippen LogP contribution in [-0.2, 0) is 0 Å². The lowest BCUT2D eigenvalue weighted by Gasteiger charge is -2.04. The summed E-state index contributed by atoms with van der Waals surface area (Å²) >= 11 is 0. The zero-order valence-corrected chi connectivity index (χ0v) is 7.09. The van der Waals surface area contributed by atoms with Gasteiger partial charge in [0.25, 0.3) is 12.3 Å². The highest BCUT2D eigenvalue weighted by Crippen LogP contribution is 2.24. The quantitative estimate of drug-likeness (QED) is 0.737. The second-order valence-electron chi connectivity index (χ2n) is 2.33. The molecule has 0 radical (unpaired) electrons. The lowest BCUT2D eigenvalue weighted by molar-refractivity contribution is 0.144. The molecule has 0 amide bonds. The number of nitrogens with zero attached hydrogens (tertiary/aromatic N) is 2. The van der Waals surface area contributed by atoms with Gasteiger partial charge in [0.15, 0.2) is 0 Å². The van der Waals surface area contributed by atoms with Crippen LogP contribution in [0.2, 0.25) is 0 Å². The van der Waals surface area contributed by atoms with Crippen LogP contribution in [0.25, 0.3) is 0 Å². The first-order chi connectivity index (χ1) is 6.60. The Hall–Kier alpha value is -1.77. The van der Waals surface area contributed by atoms with E-state index < -0.39 is 29.4 Å². The van der Waals surface area contributed by atoms with Gasteiger partial charge in [-0.1, -0.05) is 0 Å². The fraction of sp³-hybridized carbons (Fsp3) is 0.250. The number of halogens is 3. The number of rotatable bonds is 2. The minimum absolute atomic E-state index is 0.507. The summed E-state index contributed by atoms with van der Waals surface area (Å²) in [6.07, 6.45) is -2.86. The zero-order chi connectivity index (χ0) is 10.7. The Morgan fingerprint density at radius 1 is 1.57 bits per heavy atom. The molecule has 0 aliphatic heterocycles. The minimum atomic E-state index is -2.86. The van der Waals surface area contributed by atoms with Gasteiger partial charge in [-0.05, 0) is 6.07 Å². The molecule has 1 rings (SSSR count). The van der Waals surface area contributed by atoms with Crippen LogP contribution in [0.1, 0.15) is 17.7 Å². The third-order valence-corrected chi connectivity index (χ3v) is 1.48. The largest absolute Gasteiger partial charge is 0.479 e. The van der Waals surface area contributed by atoms with Crippen LogP contribution in [0, 0.1) is 17.1 Å². The van der Waals surface area contributed by atoms with Crippen molar-refractivity contribution in [3.05, 3.63) is 23.1 Å². The fourth-order valence-electron chi connectivity index (χ4n) is 0.853. The molecule has 0 spiro atoms. The van der Waals surface area contributed by atoms with Crippen molar-refractivity contribution >= 4 is 0 Å². The Balaban J connectivity index is 3.34. The van der Waals surface area contributed by atoms with Gasteiger partial charge >= 0.3 is 0 Å². The van der Waals surface area contributed by atoms with E-state index in [4.69, 9.17) is 5.26 Å². The highest BCUT2D eigenvalue weighted by atomic mass is 19.3. The third kappa shape index (κ3) is 1.76. The first kappa shape index (κ1) is 10.3. The monoisotopic (exact) mass is 202 g/mol. The lowest BCUT2D eigenvalue weighted by atomic mass is 10.2. The lowest BCUT2D eigenvalue weighted by Crippen LogP contribution is -2.00. The predicted octanol–water partition coefficient (Wildman–Crippen LogP) is 2.04. The molecule has 0 saturated carbocycles. The number of hydrogen-bond acceptors (Lipinski definition) is 3. The second-order valence-corrected chi connectivity index (χ2v) is 2.33. The molecule has 0 aliphatic carbocycles. The second kappa shape index (κ2) is 3.96. The number of nitriles is 1. The number of hydrogen-bond donors (Lipinski definition) is 0. The summed E-state index contributed by atoms with van der Waals surface area (Å²) in [4.78, 5) is 3.20. The number of ether oxygens (including phenoxy) is 1. The van der Waals surface area contributed by atoms with Gasteiger partial charge in [0.1, 0.15) is 11.8 Å². The molecule has 0 bridgehead atoms. The van der Waals surface area contributed by atoms with Crippen molar-refractivity contribution in [3.63, 3.8) is 0 Å². The Labute approximate surface area is 77.7 Å². The van der Waals surface area contributed by atoms with Crippen molar-refractivity contribution in [2.45, 2.75) is 6.43 Å². The molecule has 3 nitrogen and oxygen atoms in total. The molecule has 0 N–H and O–H groups in total. The van der Waals surface area contributed by atoms with Gasteiger partial charge < -0.3 is 4.74 Å². The molecule has 0 atom stereocenters. The molecule has 1 aromatic rings. The molecule has 0 saturated heterocycles. The summed E-state index contributed by atoms with van der Waals surface area (Å²) < 4.78 is 41.8. The van der Waals surface area contributed by atoms with Crippen molar-refractivity contribution in [1.82, 2.24) is 4.98 Å². The molecule has 14 heavy (non-hydrogen) atoms. The average molecular weight is 202 g/mol. The van der Waals surface area contributed by atoms with Crippen molar-refractivity contribution in [3.8, 4) is 11.9 Å². The molecular weight excluding hydrogens is 197 g/mol. The summed E-state index contributed by atoms with van der Waals surface area (Å²) in [5.41, 5.74) is -1.19. The predicted molar refractivity (Wildman–Crippen MR) is 40.4 cm³/mol. The van der Waals surface area contributed by atoms with Gasteiger partial charge in [-0.15, -0.1) is 0 Å². The molecule has 0 unspecified atom stereocenters. The van der Waals surface area contributed by atoms with Gasteiger partial charge in [0.05, 0.1) is 12.7 Å². The highest BCUT2D eigenvalue weighted by Gasteiger charge is 2.17. The summed E-state index contributed by atoms with van der Waals surface area (Å²) in [7, 11) is 1.09. The molecule has 0 aliphatic rings. The SMILES string of the molecule is COc1nc(C(F)F)cc(C#N)c1F. The van der Waals surface area contributed by atoms with E-state index in [-0.39, 0.29) is 0 Å². The van der Waals surface area contributed by atoms with Crippen LogP contribution in [0.4, 0.5) is 13.2 Å². The van der Waals surface area contributed by atoms with Gasteiger partial charge in [0.2, 0.25) is 5.82 Å². The molecule has 74 valence electrons. The summed E-state index contributed by atoms with van der Waals surface area (Å²) in [5.74, 6) is -1.63. The van der Waals surface area contributed by atoms with Crippen molar-refractivity contribution in [2.24, 2.45) is 0 Å². The van der Waals surface area contributed by atoms with E-state index >= 15 is 0 Å². The summed E-state index contributed by atoms with van der Waals surface area (Å²) in [6.45, 7) is 0. The minimum Gasteiger partial charge on any atom is -0.479 e. The van der Waals surface area contributed by atoms with Crippen molar-refractivity contribution in [2.75, 3.05) is 7.11 Å². The van der Waals surface area contributed by atoms with E-state index in [2.05, 4.69) is 9.72 Å². The molecule has 0 aromatic carbocycles. The van der Waals surface area contributed by atoms with E-state index in [0.717, 1.165) is 7.11 Å². The van der Waals surface area contributed by atoms with E-state index in [1.807, 2.05) is 0 Å². The van der Waals surface area contributed by atoms with Crippen LogP contribution < -0.4 is 4.74 Å². The van der Waals surface area contributed by atoms with E-state index in [1.165, 1.54) is 6.07 Å². The Kier molecular flexibility index (Phi) is 2.92. The Bertz CT molecular complexity index is 387. The van der Waals surface area contributed by atoms with Crippen LogP contribution in [-0.4, -0.2) is 12.1 Å². The smallest absolute Gasteiger partial charge is 0.280 e. The summed E-state index contributed by atoms with van der Waals surface area (Å²) in [5, 5.41) is 8.43. The fourth-order valence-corrected chi connectivity index (χ4v) is 0.853. The van der Waals surface area contributed by atoms with Gasteiger partial charge in [0, 0.05) is 0 Å². The number of methoxy groups -OCH3 is 1. The highest BCUT2D eigenvalue weighted by molar-refractivity contribution is 5.36. The molecule has 6 heteroatoms. The topological polar surface area (TPSA) is 45.9 Å². The van der Waals surface area contributed by atoms with Crippen LogP contribution in [0.3, 0.4) is 0 Å². The molecular formula is C8H5F3N2O. The average Bonchev–Trinajstić information content (AvgIpc) is 2.17. The molecule has 0 fully saturated rings. The van der Waals surface area contributed by atoms with E-state index in [0.29, 0.717) is 6.07 Å². The van der Waals surface area contributed by atoms with Gasteiger partial charge in [-0.3, -0.25) is 0 Å². The van der Waals surface area contributed by atoms with Crippen molar-refractivity contribution in [1.29, 1.82) is 5.26 Å². The Morgan fingerprint density at radius 3 is 2.64 bits per heavy atom. The van der Waals surface area contributed by atoms with Crippen LogP contribution in [0.5, 0.6) is 5.88 Å². The third-order valence-electron chi connectivity index (χ3n) is 1.48. The number of aromatic nitrogens is 1. The summed E-state index contributed by atoms with van der Waals surface area (Å²) in [6, 6.07) is 2.13. The maximum atomic E-state index is 13.1. The van der Waals surface area contributed by atoms with Crippen LogP contribution in [0.15, 0.2) is 6.07 Å². The van der Waals surface area contributed by atoms with Crippen molar-refractivity contribution < 1.29 is 17.9 Å². The van der Waals surface area contributed by atoms with E-state index in [1.54, 1.807) is 0 Å². The molecule has 1 aromatic heterocycles. The maximum absolute atomic E-state index is 13.1. The normalized spacial score (nSPS) is 10.0. The number of pyridine rings is 1. The zero-order valence-electron chi connectivity index (χ0n) is 7.09. The number of alkyl halides is 2. The van der Waals surface area contributed by atoms with Gasteiger partial charge in [-0.25, -0.2) is 13.8 Å². The maximum Gasteiger partial charge on any atom is 0.280 e. The molecule has 1 heterocycles. The van der Waals surface area contributed by atoms with Crippen LogP contribution >= 0.6 is 0 Å².